The fraction of sp³-hybridized carbons (Fsp3) is 0. The van der Waals surface area contributed by atoms with Gasteiger partial charge in [-0.05, 0) is 36.4 Å². The first-order chi connectivity index (χ1) is 9.29. The molecule has 0 amide bonds. The summed E-state index contributed by atoms with van der Waals surface area (Å²) in [5, 5.41) is -0.141. The quantitative estimate of drug-likeness (QED) is 0.854. The molecule has 0 saturated carbocycles. The number of hydrogen-bond acceptors (Lipinski definition) is 3. The van der Waals surface area contributed by atoms with E-state index in [0.717, 1.165) is 24.3 Å². The van der Waals surface area contributed by atoms with Crippen molar-refractivity contribution in [3.05, 3.63) is 53.1 Å². The SMILES string of the molecule is Nc1ccc(F)cc1S(=O)(=O)Nc1ccc(Cl)c(F)c1. The predicted molar refractivity (Wildman–Crippen MR) is 73.0 cm³/mol. The number of nitrogen functional groups attached to an aromatic ring is 1. The van der Waals surface area contributed by atoms with Gasteiger partial charge in [-0.3, -0.25) is 4.72 Å². The third kappa shape index (κ3) is 3.00. The molecule has 2 rings (SSSR count). The Labute approximate surface area is 119 Å². The monoisotopic (exact) mass is 318 g/mol. The van der Waals surface area contributed by atoms with Crippen molar-refractivity contribution in [2.45, 2.75) is 4.90 Å². The number of hydrogen-bond donors (Lipinski definition) is 2. The lowest BCUT2D eigenvalue weighted by molar-refractivity contribution is 0.596. The molecule has 0 spiro atoms. The highest BCUT2D eigenvalue weighted by molar-refractivity contribution is 7.92. The average molecular weight is 319 g/mol. The van der Waals surface area contributed by atoms with Crippen LogP contribution in [-0.4, -0.2) is 8.42 Å². The smallest absolute Gasteiger partial charge is 0.264 e. The summed E-state index contributed by atoms with van der Waals surface area (Å²) in [5.74, 6) is -1.53. The van der Waals surface area contributed by atoms with Crippen molar-refractivity contribution in [3.63, 3.8) is 0 Å². The van der Waals surface area contributed by atoms with Crippen LogP contribution in [0.1, 0.15) is 0 Å². The third-order valence-corrected chi connectivity index (χ3v) is 4.18. The van der Waals surface area contributed by atoms with Gasteiger partial charge in [-0.2, -0.15) is 0 Å². The first kappa shape index (κ1) is 14.5. The minimum absolute atomic E-state index is 0.0458. The lowest BCUT2D eigenvalue weighted by Crippen LogP contribution is -2.15. The number of rotatable bonds is 3. The lowest BCUT2D eigenvalue weighted by Gasteiger charge is -2.10. The van der Waals surface area contributed by atoms with Crippen molar-refractivity contribution in [1.82, 2.24) is 0 Å². The van der Waals surface area contributed by atoms with Gasteiger partial charge < -0.3 is 5.73 Å². The molecule has 0 unspecified atom stereocenters. The maximum Gasteiger partial charge on any atom is 0.264 e. The molecule has 0 bridgehead atoms. The van der Waals surface area contributed by atoms with Crippen LogP contribution in [0.3, 0.4) is 0 Å². The van der Waals surface area contributed by atoms with Crippen LogP contribution in [0.15, 0.2) is 41.3 Å². The summed E-state index contributed by atoms with van der Waals surface area (Å²) in [6.07, 6.45) is 0. The van der Waals surface area contributed by atoms with Gasteiger partial charge in [-0.1, -0.05) is 11.6 Å². The highest BCUT2D eigenvalue weighted by Gasteiger charge is 2.19. The fourth-order valence-electron chi connectivity index (χ4n) is 1.51. The molecule has 0 fully saturated rings. The molecule has 0 aliphatic carbocycles. The predicted octanol–water partition coefficient (Wildman–Crippen LogP) is 3.00. The molecule has 20 heavy (non-hydrogen) atoms. The van der Waals surface area contributed by atoms with Crippen molar-refractivity contribution in [1.29, 1.82) is 0 Å². The maximum atomic E-state index is 13.2. The molecule has 0 aliphatic rings. The number of halogens is 3. The summed E-state index contributed by atoms with van der Waals surface area (Å²) in [7, 11) is -4.12. The van der Waals surface area contributed by atoms with Crippen LogP contribution < -0.4 is 10.5 Å². The zero-order valence-electron chi connectivity index (χ0n) is 9.90. The Morgan fingerprint density at radius 2 is 1.80 bits per heavy atom. The molecule has 0 radical (unpaired) electrons. The molecule has 106 valence electrons. The van der Waals surface area contributed by atoms with E-state index in [0.29, 0.717) is 0 Å². The highest BCUT2D eigenvalue weighted by Crippen LogP contribution is 2.24. The topological polar surface area (TPSA) is 72.2 Å². The van der Waals surface area contributed by atoms with E-state index in [1.54, 1.807) is 0 Å². The van der Waals surface area contributed by atoms with E-state index in [2.05, 4.69) is 4.72 Å². The Balaban J connectivity index is 2.40. The fourth-order valence-corrected chi connectivity index (χ4v) is 2.82. The summed E-state index contributed by atoms with van der Waals surface area (Å²) >= 11 is 5.49. The summed E-state index contributed by atoms with van der Waals surface area (Å²) in [6.45, 7) is 0. The zero-order chi connectivity index (χ0) is 14.9. The second-order valence-corrected chi connectivity index (χ2v) is 5.97. The first-order valence-corrected chi connectivity index (χ1v) is 7.18. The third-order valence-electron chi connectivity index (χ3n) is 2.44. The van der Waals surface area contributed by atoms with E-state index in [1.807, 2.05) is 0 Å². The van der Waals surface area contributed by atoms with Gasteiger partial charge in [0.25, 0.3) is 10.0 Å². The normalized spacial score (nSPS) is 11.3. The van der Waals surface area contributed by atoms with E-state index in [1.165, 1.54) is 12.1 Å². The largest absolute Gasteiger partial charge is 0.398 e. The van der Waals surface area contributed by atoms with Gasteiger partial charge in [-0.15, -0.1) is 0 Å². The molecule has 0 aliphatic heterocycles. The van der Waals surface area contributed by atoms with Gasteiger partial charge in [0.2, 0.25) is 0 Å². The van der Waals surface area contributed by atoms with Crippen LogP contribution in [0.25, 0.3) is 0 Å². The second-order valence-electron chi connectivity index (χ2n) is 3.92. The first-order valence-electron chi connectivity index (χ1n) is 5.32. The Hall–Kier alpha value is -1.86. The van der Waals surface area contributed by atoms with Crippen LogP contribution in [0.5, 0.6) is 0 Å². The summed E-state index contributed by atoms with van der Waals surface area (Å²) in [5.41, 5.74) is 5.34. The van der Waals surface area contributed by atoms with Gasteiger partial charge in [-0.25, -0.2) is 17.2 Å². The van der Waals surface area contributed by atoms with Gasteiger partial charge in [0.15, 0.2) is 0 Å². The van der Waals surface area contributed by atoms with Crippen molar-refractivity contribution in [3.8, 4) is 0 Å². The maximum absolute atomic E-state index is 13.2. The Kier molecular flexibility index (Phi) is 3.82. The zero-order valence-corrected chi connectivity index (χ0v) is 11.5. The van der Waals surface area contributed by atoms with Crippen LogP contribution in [0.4, 0.5) is 20.2 Å². The lowest BCUT2D eigenvalue weighted by atomic mass is 10.3. The van der Waals surface area contributed by atoms with Crippen LogP contribution >= 0.6 is 11.6 Å². The van der Waals surface area contributed by atoms with E-state index in [9.17, 15) is 17.2 Å². The molecule has 0 atom stereocenters. The van der Waals surface area contributed by atoms with Gasteiger partial charge >= 0.3 is 0 Å². The van der Waals surface area contributed by atoms with Crippen LogP contribution in [0, 0.1) is 11.6 Å². The molecule has 3 N–H and O–H groups in total. The molecule has 2 aromatic carbocycles. The van der Waals surface area contributed by atoms with Crippen molar-refractivity contribution < 1.29 is 17.2 Å². The number of nitrogens with one attached hydrogen (secondary N) is 1. The van der Waals surface area contributed by atoms with E-state index in [4.69, 9.17) is 17.3 Å². The second kappa shape index (κ2) is 5.26. The Bertz CT molecular complexity index is 766. The standard InChI is InChI=1S/C12H9ClF2N2O2S/c13-9-3-2-8(6-10(9)15)17-20(18,19)12-5-7(14)1-4-11(12)16/h1-6,17H,16H2. The molecular formula is C12H9ClF2N2O2S. The van der Waals surface area contributed by atoms with Crippen LogP contribution in [-0.2, 0) is 10.0 Å². The van der Waals surface area contributed by atoms with Crippen molar-refractivity contribution >= 4 is 33.0 Å². The van der Waals surface area contributed by atoms with Crippen molar-refractivity contribution in [2.24, 2.45) is 0 Å². The Morgan fingerprint density at radius 3 is 2.45 bits per heavy atom. The minimum Gasteiger partial charge on any atom is -0.398 e. The number of benzene rings is 2. The Morgan fingerprint density at radius 1 is 1.10 bits per heavy atom. The van der Waals surface area contributed by atoms with Crippen LogP contribution in [0.2, 0.25) is 5.02 Å². The number of nitrogens with two attached hydrogens (primary N) is 1. The molecule has 8 heteroatoms. The van der Waals surface area contributed by atoms with Crippen molar-refractivity contribution in [2.75, 3.05) is 10.5 Å². The summed E-state index contributed by atoms with van der Waals surface area (Å²) in [4.78, 5) is -0.423. The molecule has 0 heterocycles. The van der Waals surface area contributed by atoms with E-state index < -0.39 is 26.6 Å². The summed E-state index contributed by atoms with van der Waals surface area (Å²) < 4.78 is 52.6. The summed E-state index contributed by atoms with van der Waals surface area (Å²) in [6, 6.07) is 6.34. The number of sulfonamides is 1. The average Bonchev–Trinajstić information content (AvgIpc) is 2.36. The van der Waals surface area contributed by atoms with E-state index in [-0.39, 0.29) is 16.4 Å². The number of anilines is 2. The molecule has 4 nitrogen and oxygen atoms in total. The molecule has 0 aromatic heterocycles. The van der Waals surface area contributed by atoms with Gasteiger partial charge in [0.05, 0.1) is 16.4 Å². The van der Waals surface area contributed by atoms with Gasteiger partial charge in [0, 0.05) is 0 Å². The molecular weight excluding hydrogens is 310 g/mol. The molecule has 2 aromatic rings. The molecule has 0 saturated heterocycles. The van der Waals surface area contributed by atoms with E-state index >= 15 is 0 Å². The van der Waals surface area contributed by atoms with Gasteiger partial charge in [0.1, 0.15) is 16.5 Å². The minimum atomic E-state index is -4.12. The highest BCUT2D eigenvalue weighted by atomic mass is 35.5.